The zero-order valence-corrected chi connectivity index (χ0v) is 57.4. The molecule has 2 fully saturated rings. The molecule has 1 amide bonds. The highest BCUT2D eigenvalue weighted by Crippen LogP contribution is 2.60. The summed E-state index contributed by atoms with van der Waals surface area (Å²) >= 11 is 0. The van der Waals surface area contributed by atoms with Gasteiger partial charge in [0.1, 0.15) is 11.3 Å². The maximum Gasteiger partial charge on any atom is 0.340 e. The summed E-state index contributed by atoms with van der Waals surface area (Å²) in [5, 5.41) is 22.4. The Morgan fingerprint density at radius 3 is 1.22 bits per heavy atom. The third-order valence-electron chi connectivity index (χ3n) is 18.0. The maximum absolute atomic E-state index is 14.4. The van der Waals surface area contributed by atoms with Crippen LogP contribution in [0.3, 0.4) is 0 Å². The summed E-state index contributed by atoms with van der Waals surface area (Å²) in [6, 6.07) is 71.1. The molecule has 18 nitrogen and oxygen atoms in total. The van der Waals surface area contributed by atoms with Gasteiger partial charge in [-0.15, -0.1) is 0 Å². The highest BCUT2D eigenvalue weighted by Gasteiger charge is 2.42. The highest BCUT2D eigenvalue weighted by molar-refractivity contribution is 7.89. The van der Waals surface area contributed by atoms with E-state index in [9.17, 15) is 60.0 Å². The SMILES string of the molecule is CCOP(C)(=O)C(C(=O)c1cc2ccccc2cc1C(=O)O)c1cccc2ccccc12.O=C(c1cc2ccccc2cc1C(=O)N1CCN(S(=O)(=O)c2ccc3ccccc3c2)CC1)C(c1cccc2ccccc12)P(=O)(O)O.O=S(=O)(c1ccc2ccccc2c1)N1CCNCC1. The van der Waals surface area contributed by atoms with Crippen LogP contribution in [0.25, 0.3) is 64.6 Å². The molecular weight excluding hydrogens is 1330 g/mol. The molecule has 12 aromatic rings. The van der Waals surface area contributed by atoms with Gasteiger partial charge in [0.05, 0.1) is 27.5 Å². The van der Waals surface area contributed by atoms with E-state index in [4.69, 9.17) is 4.52 Å². The number of carboxylic acids is 1. The number of hydrogen-bond donors (Lipinski definition) is 4. The van der Waals surface area contributed by atoms with Crippen LogP contribution in [0.4, 0.5) is 0 Å². The average molecular weight is 1400 g/mol. The fourth-order valence-electron chi connectivity index (χ4n) is 13.1. The Labute approximate surface area is 572 Å². The van der Waals surface area contributed by atoms with Crippen molar-refractivity contribution in [2.45, 2.75) is 28.0 Å². The number of fused-ring (bicyclic) bond motifs is 6. The second-order valence-corrected chi connectivity index (χ2v) is 32.4. The predicted molar refractivity (Wildman–Crippen MR) is 388 cm³/mol. The van der Waals surface area contributed by atoms with E-state index >= 15 is 0 Å². The van der Waals surface area contributed by atoms with Gasteiger partial charge in [0.25, 0.3) is 5.91 Å². The van der Waals surface area contributed by atoms with Crippen LogP contribution >= 0.6 is 15.0 Å². The molecule has 22 heteroatoms. The van der Waals surface area contributed by atoms with Crippen LogP contribution in [0.5, 0.6) is 0 Å². The Kier molecular flexibility index (Phi) is 20.5. The number of Topliss-reactive ketones (excluding diaryl/α,β-unsaturated/α-hetero) is 2. The maximum atomic E-state index is 14.4. The van der Waals surface area contributed by atoms with Crippen molar-refractivity contribution in [2.75, 3.05) is 65.6 Å². The molecule has 4 N–H and O–H groups in total. The number of carbonyl (C=O) groups excluding carboxylic acids is 3. The van der Waals surface area contributed by atoms with E-state index in [-0.39, 0.29) is 65.5 Å². The lowest BCUT2D eigenvalue weighted by molar-refractivity contribution is 0.0686. The van der Waals surface area contributed by atoms with Crippen LogP contribution in [0.1, 0.15) is 70.8 Å². The van der Waals surface area contributed by atoms with Crippen molar-refractivity contribution in [3.63, 3.8) is 0 Å². The molecule has 0 bridgehead atoms. The first-order valence-electron chi connectivity index (χ1n) is 32.1. The summed E-state index contributed by atoms with van der Waals surface area (Å²) in [4.78, 5) is 77.8. The Morgan fingerprint density at radius 1 is 0.434 bits per heavy atom. The quantitative estimate of drug-likeness (QED) is 0.0518. The molecular formula is C77H70N4O14P2S2. The smallest absolute Gasteiger partial charge is 0.340 e. The number of nitrogens with one attached hydrogen (secondary N) is 1. The van der Waals surface area contributed by atoms with E-state index in [0.717, 1.165) is 37.7 Å². The van der Waals surface area contributed by atoms with Crippen molar-refractivity contribution in [3.05, 3.63) is 276 Å². The molecule has 2 aliphatic rings. The van der Waals surface area contributed by atoms with Crippen LogP contribution in [-0.4, -0.2) is 134 Å². The zero-order valence-electron chi connectivity index (χ0n) is 54.0. The molecule has 504 valence electrons. The molecule has 0 radical (unpaired) electrons. The van der Waals surface area contributed by atoms with Crippen molar-refractivity contribution in [1.82, 2.24) is 18.8 Å². The van der Waals surface area contributed by atoms with Gasteiger partial charge >= 0.3 is 13.6 Å². The van der Waals surface area contributed by atoms with Gasteiger partial charge in [0.2, 0.25) is 27.4 Å². The summed E-state index contributed by atoms with van der Waals surface area (Å²) in [6.45, 7) is 6.06. The fourth-order valence-corrected chi connectivity index (χ4v) is 19.0. The lowest BCUT2D eigenvalue weighted by atomic mass is 9.92. The number of hydrogen-bond acceptors (Lipinski definition) is 12. The number of amides is 1. The molecule has 2 saturated heterocycles. The van der Waals surface area contributed by atoms with E-state index < -0.39 is 69.8 Å². The summed E-state index contributed by atoms with van der Waals surface area (Å²) in [5.74, 6) is -3.12. The lowest BCUT2D eigenvalue weighted by Crippen LogP contribution is -2.50. The van der Waals surface area contributed by atoms with Crippen LogP contribution in [-0.2, 0) is 33.7 Å². The minimum atomic E-state index is -5.09. The van der Waals surface area contributed by atoms with E-state index in [1.165, 1.54) is 34.1 Å². The largest absolute Gasteiger partial charge is 0.478 e. The van der Waals surface area contributed by atoms with Gasteiger partial charge < -0.3 is 29.6 Å². The van der Waals surface area contributed by atoms with Crippen LogP contribution in [0, 0.1) is 0 Å². The fraction of sp³-hybridized carbons (Fsp3) is 0.169. The number of carboxylic acid groups (broad SMARTS) is 1. The molecule has 0 spiro atoms. The topological polar surface area (TPSA) is 262 Å². The predicted octanol–water partition coefficient (Wildman–Crippen LogP) is 14.4. The summed E-state index contributed by atoms with van der Waals surface area (Å²) in [7, 11) is -15.8. The van der Waals surface area contributed by atoms with Gasteiger partial charge in [-0.1, -0.05) is 194 Å². The van der Waals surface area contributed by atoms with Gasteiger partial charge in [-0.05, 0) is 131 Å². The standard InChI is InChI=1S/C37H31N2O7PS.C26H23O5P.C14H16N2O2S/c40-35(36(47(42,43)44)32-15-7-13-26-9-5-6-14-31(26)32)33-23-28-11-3-4-12-29(28)24-34(33)37(41)38-18-20-39(21-19-38)48(45,46)30-17-16-25-8-1-2-10-27(25)22-30;1-3-31-32(2,30)25(21-14-8-12-17-9-6-7-13-20(17)21)24(27)22-15-18-10-4-5-11-19(18)16-23(22)26(28)29;17-19(18,16-9-7-15-8-10-16)14-6-5-12-3-1-2-4-13(12)11-14/h1-17,22-24,36H,18-21H2,(H2,42,43,44);4-16,25H,3H2,1-2H3,(H,28,29);1-6,11,15H,7-10H2. The van der Waals surface area contributed by atoms with Crippen LogP contribution in [0.15, 0.2) is 252 Å². The number of sulfonamides is 2. The molecule has 0 saturated carbocycles. The van der Waals surface area contributed by atoms with Crippen molar-refractivity contribution < 1.29 is 64.6 Å². The first kappa shape index (κ1) is 69.5. The molecule has 2 aliphatic heterocycles. The summed E-state index contributed by atoms with van der Waals surface area (Å²) in [6.07, 6.45) is 0. The molecule has 12 aromatic carbocycles. The zero-order chi connectivity index (χ0) is 69.8. The minimum Gasteiger partial charge on any atom is -0.478 e. The summed E-state index contributed by atoms with van der Waals surface area (Å²) < 4.78 is 87.5. The Balaban J connectivity index is 0.000000156. The number of piperazine rings is 2. The number of carbonyl (C=O) groups is 4. The van der Waals surface area contributed by atoms with Gasteiger partial charge in [-0.2, -0.15) is 8.61 Å². The molecule has 99 heavy (non-hydrogen) atoms. The monoisotopic (exact) mass is 1400 g/mol. The number of aromatic carboxylic acids is 1. The normalized spacial score (nSPS) is 15.3. The van der Waals surface area contributed by atoms with Crippen molar-refractivity contribution >= 4 is 123 Å². The molecule has 14 rings (SSSR count). The van der Waals surface area contributed by atoms with Crippen molar-refractivity contribution in [3.8, 4) is 0 Å². The van der Waals surface area contributed by atoms with Crippen LogP contribution in [0.2, 0.25) is 0 Å². The molecule has 3 unspecified atom stereocenters. The molecule has 0 aromatic heterocycles. The first-order valence-corrected chi connectivity index (χ1v) is 38.8. The van der Waals surface area contributed by atoms with Gasteiger partial charge in [-0.25, -0.2) is 21.6 Å². The lowest BCUT2D eigenvalue weighted by Gasteiger charge is -2.34. The average Bonchev–Trinajstić information content (AvgIpc) is 0.783. The highest BCUT2D eigenvalue weighted by atomic mass is 32.2. The second-order valence-electron chi connectivity index (χ2n) is 24.2. The van der Waals surface area contributed by atoms with E-state index in [1.54, 1.807) is 126 Å². The van der Waals surface area contributed by atoms with Crippen molar-refractivity contribution in [1.29, 1.82) is 0 Å². The van der Waals surface area contributed by atoms with Gasteiger partial charge in [0.15, 0.2) is 11.6 Å². The third-order valence-corrected chi connectivity index (χ3v) is 25.2. The Bertz CT molecular complexity index is 5470. The van der Waals surface area contributed by atoms with Gasteiger partial charge in [-0.3, -0.25) is 23.5 Å². The van der Waals surface area contributed by atoms with E-state index in [1.807, 2.05) is 109 Å². The Hall–Kier alpha value is -9.40. The minimum absolute atomic E-state index is 0.00298. The van der Waals surface area contributed by atoms with Crippen molar-refractivity contribution in [2.24, 2.45) is 0 Å². The molecule has 0 aliphatic carbocycles. The van der Waals surface area contributed by atoms with E-state index in [2.05, 4.69) is 5.32 Å². The third kappa shape index (κ3) is 14.7. The van der Waals surface area contributed by atoms with Crippen LogP contribution < -0.4 is 5.32 Å². The number of benzene rings is 12. The molecule has 2 heterocycles. The number of nitrogens with zero attached hydrogens (tertiary/aromatic N) is 3. The van der Waals surface area contributed by atoms with Gasteiger partial charge in [0, 0.05) is 70.1 Å². The summed E-state index contributed by atoms with van der Waals surface area (Å²) in [5.41, 5.74) is -2.43. The number of rotatable bonds is 16. The van der Waals surface area contributed by atoms with E-state index in [0.29, 0.717) is 63.6 Å². The first-order chi connectivity index (χ1) is 47.5. The number of ketones is 2. The molecule has 3 atom stereocenters. The Morgan fingerprint density at radius 2 is 0.788 bits per heavy atom. The second kappa shape index (κ2) is 29.2.